The normalized spacial score (nSPS) is 13.9. The third-order valence-corrected chi connectivity index (χ3v) is 5.41. The molecule has 1 fully saturated rings. The molecule has 0 unspecified atom stereocenters. The summed E-state index contributed by atoms with van der Waals surface area (Å²) >= 11 is 0. The van der Waals surface area contributed by atoms with Crippen LogP contribution >= 0.6 is 0 Å². The standard InChI is InChI=1S/C23H23F3N6O3.C2H6/c1-30-10-12-31(13-11-30)20-14-16(8-9-27-20)15-32-21(33)7-6-19(29-32)22(34)28-17-2-4-18(5-3-17)35-23(24,25)26;1-2/h2-9,14H,10-13,15H2,1H3,(H,28,34);1-2H3. The minimum atomic E-state index is -4.80. The highest BCUT2D eigenvalue weighted by atomic mass is 19.4. The molecule has 3 aromatic rings. The third kappa shape index (κ3) is 8.04. The van der Waals surface area contributed by atoms with E-state index in [2.05, 4.69) is 37.0 Å². The van der Waals surface area contributed by atoms with Crippen molar-refractivity contribution in [2.45, 2.75) is 26.8 Å². The molecule has 1 aliphatic rings. The van der Waals surface area contributed by atoms with E-state index in [0.717, 1.165) is 49.7 Å². The average Bonchev–Trinajstić information content (AvgIpc) is 2.87. The van der Waals surface area contributed by atoms with Crippen LogP contribution < -0.4 is 20.5 Å². The number of halogens is 3. The quantitative estimate of drug-likeness (QED) is 0.533. The summed E-state index contributed by atoms with van der Waals surface area (Å²) in [7, 11) is 2.07. The number of ether oxygens (including phenoxy) is 1. The van der Waals surface area contributed by atoms with Crippen molar-refractivity contribution in [1.29, 1.82) is 0 Å². The molecule has 0 saturated carbocycles. The minimum absolute atomic E-state index is 0.0198. The second-order valence-corrected chi connectivity index (χ2v) is 8.05. The number of alkyl halides is 3. The van der Waals surface area contributed by atoms with Crippen LogP contribution in [-0.2, 0) is 6.54 Å². The number of hydrogen-bond donors (Lipinski definition) is 1. The number of hydrogen-bond acceptors (Lipinski definition) is 7. The van der Waals surface area contributed by atoms with Gasteiger partial charge in [0.05, 0.1) is 6.54 Å². The Hall–Kier alpha value is -3.93. The SMILES string of the molecule is CC.CN1CCN(c2cc(Cn3nc(C(=O)Nc4ccc(OC(F)(F)F)cc4)ccc3=O)ccn2)CC1. The van der Waals surface area contributed by atoms with Gasteiger partial charge in [-0.3, -0.25) is 9.59 Å². The van der Waals surface area contributed by atoms with E-state index in [-0.39, 0.29) is 23.5 Å². The number of amides is 1. The Balaban J connectivity index is 0.00000186. The van der Waals surface area contributed by atoms with Gasteiger partial charge in [-0.1, -0.05) is 13.8 Å². The molecule has 0 radical (unpaired) electrons. The third-order valence-electron chi connectivity index (χ3n) is 5.41. The summed E-state index contributed by atoms with van der Waals surface area (Å²) in [6.07, 6.45) is -3.13. The maximum atomic E-state index is 12.6. The van der Waals surface area contributed by atoms with Crippen LogP contribution in [-0.4, -0.2) is 65.2 Å². The summed E-state index contributed by atoms with van der Waals surface area (Å²) in [5.41, 5.74) is 0.651. The van der Waals surface area contributed by atoms with Crippen LogP contribution in [0.5, 0.6) is 5.75 Å². The number of piperazine rings is 1. The van der Waals surface area contributed by atoms with Crippen molar-refractivity contribution >= 4 is 17.4 Å². The van der Waals surface area contributed by atoms with E-state index in [4.69, 9.17) is 0 Å². The average molecular weight is 519 g/mol. The van der Waals surface area contributed by atoms with Crippen molar-refractivity contribution < 1.29 is 22.7 Å². The number of aromatic nitrogens is 3. The molecule has 9 nitrogen and oxygen atoms in total. The molecule has 2 aromatic heterocycles. The van der Waals surface area contributed by atoms with E-state index in [0.29, 0.717) is 0 Å². The molecular formula is C25H29F3N6O3. The highest BCUT2D eigenvalue weighted by Crippen LogP contribution is 2.24. The molecule has 0 aliphatic carbocycles. The molecule has 0 atom stereocenters. The summed E-state index contributed by atoms with van der Waals surface area (Å²) in [5, 5.41) is 6.70. The van der Waals surface area contributed by atoms with Crippen molar-refractivity contribution in [3.8, 4) is 5.75 Å². The Morgan fingerprint density at radius 1 is 1.03 bits per heavy atom. The molecule has 0 spiro atoms. The van der Waals surface area contributed by atoms with Crippen molar-refractivity contribution in [2.24, 2.45) is 0 Å². The van der Waals surface area contributed by atoms with Gasteiger partial charge in [0.25, 0.3) is 11.5 Å². The fraction of sp³-hybridized carbons (Fsp3) is 0.360. The number of rotatable bonds is 6. The van der Waals surface area contributed by atoms with Crippen molar-refractivity contribution in [3.05, 3.63) is 76.3 Å². The van der Waals surface area contributed by atoms with Crippen LogP contribution in [0.2, 0.25) is 0 Å². The number of nitrogens with one attached hydrogen (secondary N) is 1. The van der Waals surface area contributed by atoms with Gasteiger partial charge in [-0.2, -0.15) is 5.10 Å². The summed E-state index contributed by atoms with van der Waals surface area (Å²) in [4.78, 5) is 33.8. The van der Waals surface area contributed by atoms with E-state index >= 15 is 0 Å². The molecule has 4 rings (SSSR count). The van der Waals surface area contributed by atoms with Crippen LogP contribution in [0.3, 0.4) is 0 Å². The van der Waals surface area contributed by atoms with Gasteiger partial charge in [0.1, 0.15) is 17.3 Å². The van der Waals surface area contributed by atoms with E-state index in [1.54, 1.807) is 12.3 Å². The largest absolute Gasteiger partial charge is 0.573 e. The van der Waals surface area contributed by atoms with Gasteiger partial charge in [0.2, 0.25) is 0 Å². The Bertz CT molecular complexity index is 1240. The van der Waals surface area contributed by atoms with Crippen LogP contribution in [0.25, 0.3) is 0 Å². The number of carbonyl (C=O) groups is 1. The number of pyridine rings is 1. The van der Waals surface area contributed by atoms with Gasteiger partial charge in [-0.25, -0.2) is 9.67 Å². The van der Waals surface area contributed by atoms with E-state index in [1.165, 1.54) is 28.9 Å². The lowest BCUT2D eigenvalue weighted by atomic mass is 10.2. The summed E-state index contributed by atoms with van der Waals surface area (Å²) < 4.78 is 41.9. The van der Waals surface area contributed by atoms with E-state index in [1.807, 2.05) is 19.9 Å². The monoisotopic (exact) mass is 518 g/mol. The van der Waals surface area contributed by atoms with E-state index in [9.17, 15) is 22.8 Å². The minimum Gasteiger partial charge on any atom is -0.406 e. The molecule has 1 amide bonds. The van der Waals surface area contributed by atoms with Gasteiger partial charge < -0.3 is 19.9 Å². The smallest absolute Gasteiger partial charge is 0.406 e. The lowest BCUT2D eigenvalue weighted by molar-refractivity contribution is -0.274. The number of anilines is 2. The highest BCUT2D eigenvalue weighted by molar-refractivity contribution is 6.02. The first kappa shape index (κ1) is 27.7. The van der Waals surface area contributed by atoms with E-state index < -0.39 is 18.0 Å². The summed E-state index contributed by atoms with van der Waals surface area (Å²) in [5.74, 6) is -0.206. The first-order valence-electron chi connectivity index (χ1n) is 11.8. The molecular weight excluding hydrogens is 489 g/mol. The Kier molecular flexibility index (Phi) is 9.23. The molecule has 1 aliphatic heterocycles. The fourth-order valence-electron chi connectivity index (χ4n) is 3.56. The van der Waals surface area contributed by atoms with Crippen LogP contribution in [0, 0.1) is 0 Å². The van der Waals surface area contributed by atoms with Crippen LogP contribution in [0.15, 0.2) is 59.5 Å². The first-order chi connectivity index (χ1) is 17.7. The van der Waals surface area contributed by atoms with Gasteiger partial charge in [0.15, 0.2) is 0 Å². The van der Waals surface area contributed by atoms with Gasteiger partial charge in [-0.15, -0.1) is 13.2 Å². The zero-order valence-corrected chi connectivity index (χ0v) is 20.8. The Morgan fingerprint density at radius 2 is 1.70 bits per heavy atom. The number of likely N-dealkylation sites (N-methyl/N-ethyl adjacent to an activating group) is 1. The zero-order chi connectivity index (χ0) is 27.0. The van der Waals surface area contributed by atoms with Gasteiger partial charge in [-0.05, 0) is 55.1 Å². The van der Waals surface area contributed by atoms with Crippen molar-refractivity contribution in [3.63, 3.8) is 0 Å². The second kappa shape index (κ2) is 12.3. The number of nitrogens with zero attached hydrogens (tertiary/aromatic N) is 5. The zero-order valence-electron chi connectivity index (χ0n) is 20.8. The maximum absolute atomic E-state index is 12.6. The summed E-state index contributed by atoms with van der Waals surface area (Å²) in [6, 6.07) is 10.9. The predicted octanol–water partition coefficient (Wildman–Crippen LogP) is 3.62. The molecule has 1 aromatic carbocycles. The lowest BCUT2D eigenvalue weighted by Gasteiger charge is -2.33. The molecule has 12 heteroatoms. The predicted molar refractivity (Wildman–Crippen MR) is 134 cm³/mol. The molecule has 1 N–H and O–H groups in total. The van der Waals surface area contributed by atoms with Gasteiger partial charge >= 0.3 is 6.36 Å². The molecule has 0 bridgehead atoms. The maximum Gasteiger partial charge on any atom is 0.573 e. The van der Waals surface area contributed by atoms with Gasteiger partial charge in [0, 0.05) is 44.1 Å². The number of benzene rings is 1. The second-order valence-electron chi connectivity index (χ2n) is 8.05. The fourth-order valence-corrected chi connectivity index (χ4v) is 3.56. The first-order valence-corrected chi connectivity index (χ1v) is 11.8. The van der Waals surface area contributed by atoms with Crippen molar-refractivity contribution in [1.82, 2.24) is 19.7 Å². The highest BCUT2D eigenvalue weighted by Gasteiger charge is 2.31. The topological polar surface area (TPSA) is 92.6 Å². The number of carbonyl (C=O) groups excluding carboxylic acids is 1. The Labute approximate surface area is 212 Å². The summed E-state index contributed by atoms with van der Waals surface area (Å²) in [6.45, 7) is 7.71. The Morgan fingerprint density at radius 3 is 2.35 bits per heavy atom. The molecule has 1 saturated heterocycles. The lowest BCUT2D eigenvalue weighted by Crippen LogP contribution is -2.44. The molecule has 37 heavy (non-hydrogen) atoms. The molecule has 198 valence electrons. The van der Waals surface area contributed by atoms with Crippen molar-refractivity contribution in [2.75, 3.05) is 43.4 Å². The van der Waals surface area contributed by atoms with Crippen LogP contribution in [0.1, 0.15) is 29.9 Å². The molecule has 3 heterocycles. The van der Waals surface area contributed by atoms with Crippen LogP contribution in [0.4, 0.5) is 24.7 Å².